The van der Waals surface area contributed by atoms with E-state index in [1.807, 2.05) is 50.2 Å². The summed E-state index contributed by atoms with van der Waals surface area (Å²) in [6, 6.07) is 11.6. The van der Waals surface area contributed by atoms with E-state index in [2.05, 4.69) is 10.2 Å². The molecule has 2 aliphatic heterocycles. The number of aromatic hydroxyl groups is 1. The van der Waals surface area contributed by atoms with E-state index >= 15 is 0 Å². The summed E-state index contributed by atoms with van der Waals surface area (Å²) in [7, 11) is 0. The second-order valence-electron chi connectivity index (χ2n) is 9.20. The number of amides is 1. The minimum absolute atomic E-state index is 0. The molecule has 0 aliphatic carbocycles. The number of halogens is 1. The Morgan fingerprint density at radius 3 is 2.52 bits per heavy atom. The number of likely N-dealkylation sites (tertiary alicyclic amines) is 1. The maximum absolute atomic E-state index is 12.3. The van der Waals surface area contributed by atoms with Crippen molar-refractivity contribution >= 4 is 22.9 Å². The molecule has 0 radical (unpaired) electrons. The zero-order valence-electron chi connectivity index (χ0n) is 19.5. The Kier molecular flexibility index (Phi) is 8.93. The van der Waals surface area contributed by atoms with Crippen molar-refractivity contribution in [1.82, 2.24) is 10.2 Å². The Hall–Kier alpha value is -1.93. The first-order valence-corrected chi connectivity index (χ1v) is 11.7. The van der Waals surface area contributed by atoms with Crippen LogP contribution in [-0.4, -0.2) is 54.7 Å². The van der Waals surface area contributed by atoms with Crippen LogP contribution in [-0.2, 0) is 11.2 Å². The van der Waals surface area contributed by atoms with Gasteiger partial charge in [0.2, 0.25) is 0 Å². The largest absolute Gasteiger partial charge is 0.507 e. The number of carbonyl (C=O) groups is 1. The average Bonchev–Trinajstić information content (AvgIpc) is 2.81. The number of phenols is 1. The van der Waals surface area contributed by atoms with E-state index in [-0.39, 0.29) is 35.1 Å². The van der Waals surface area contributed by atoms with Gasteiger partial charge in [0, 0.05) is 37.2 Å². The Morgan fingerprint density at radius 2 is 1.85 bits per heavy atom. The van der Waals surface area contributed by atoms with Gasteiger partial charge >= 0.3 is 0 Å². The highest BCUT2D eigenvalue weighted by Crippen LogP contribution is 2.40. The van der Waals surface area contributed by atoms with Crippen molar-refractivity contribution in [2.45, 2.75) is 45.3 Å². The van der Waals surface area contributed by atoms with Gasteiger partial charge in [-0.05, 0) is 69.0 Å². The molecule has 1 saturated heterocycles. The molecule has 0 bridgehead atoms. The second kappa shape index (κ2) is 11.5. The number of phenolic OH excluding ortho intramolecular Hbond substituents is 1. The van der Waals surface area contributed by atoms with E-state index < -0.39 is 0 Å². The molecule has 0 spiro atoms. The fourth-order valence-corrected chi connectivity index (χ4v) is 4.96. The summed E-state index contributed by atoms with van der Waals surface area (Å²) in [6.07, 6.45) is 2.79. The number of nitrogens with two attached hydrogens (primary N) is 1. The number of hydrogen-bond donors (Lipinski definition) is 3. The number of carbonyl (C=O) groups excluding carboxylic acids is 1. The zero-order chi connectivity index (χ0) is 22.7. The molecule has 7 heteroatoms. The zero-order valence-corrected chi connectivity index (χ0v) is 21.3. The molecule has 33 heavy (non-hydrogen) atoms. The smallest absolute Gasteiger partial charge is 0.251 e. The van der Waals surface area contributed by atoms with E-state index in [1.165, 1.54) is 0 Å². The molecule has 2 aromatic rings. The molecule has 2 aliphatic rings. The van der Waals surface area contributed by atoms with Crippen LogP contribution in [0.2, 0.25) is 0 Å². The summed E-state index contributed by atoms with van der Waals surface area (Å²) in [5, 5.41) is 13.6. The van der Waals surface area contributed by atoms with Gasteiger partial charge in [-0.15, -0.1) is 17.0 Å². The van der Waals surface area contributed by atoms with Crippen LogP contribution in [0, 0.1) is 19.8 Å². The highest BCUT2D eigenvalue weighted by atomic mass is 79.9. The van der Waals surface area contributed by atoms with Crippen molar-refractivity contribution in [3.63, 3.8) is 0 Å². The first kappa shape index (κ1) is 25.7. The summed E-state index contributed by atoms with van der Waals surface area (Å²) >= 11 is 0. The number of nitrogens with zero attached hydrogens (tertiary/aromatic N) is 1. The van der Waals surface area contributed by atoms with Crippen LogP contribution >= 0.6 is 17.0 Å². The molecule has 1 fully saturated rings. The fourth-order valence-electron chi connectivity index (χ4n) is 4.96. The summed E-state index contributed by atoms with van der Waals surface area (Å²) in [6.45, 7) is 7.86. The molecule has 0 saturated carbocycles. The van der Waals surface area contributed by atoms with Gasteiger partial charge in [0.15, 0.2) is 0 Å². The quantitative estimate of drug-likeness (QED) is 0.543. The molecule has 4 N–H and O–H groups in total. The van der Waals surface area contributed by atoms with Crippen LogP contribution in [0.4, 0.5) is 0 Å². The van der Waals surface area contributed by atoms with Gasteiger partial charge in [-0.2, -0.15) is 0 Å². The lowest BCUT2D eigenvalue weighted by Crippen LogP contribution is -2.44. The Bertz CT molecular complexity index is 943. The van der Waals surface area contributed by atoms with Gasteiger partial charge in [0.1, 0.15) is 5.75 Å². The van der Waals surface area contributed by atoms with Crippen molar-refractivity contribution in [2.75, 3.05) is 32.7 Å². The van der Waals surface area contributed by atoms with E-state index in [9.17, 15) is 9.90 Å². The minimum Gasteiger partial charge on any atom is -0.507 e. The standard InChI is InChI=1S/C26H35N3O3.BrH/c1-17-3-6-20(7-4-17)26(31)28-11-14-29-12-9-19(10-13-29)23-15-22-21(24(16-27)32-23)8-5-18(2)25(22)30;/h3-8,19,23-24,30H,9-16,27H2,1-2H3,(H,28,31);1H/t23-,24-;/m0./s1. The van der Waals surface area contributed by atoms with Crippen LogP contribution in [0.1, 0.15) is 51.6 Å². The number of hydrogen-bond acceptors (Lipinski definition) is 5. The van der Waals surface area contributed by atoms with E-state index in [0.717, 1.165) is 61.2 Å². The topological polar surface area (TPSA) is 87.8 Å². The number of nitrogens with one attached hydrogen (secondary N) is 1. The van der Waals surface area contributed by atoms with Gasteiger partial charge in [0.05, 0.1) is 12.2 Å². The average molecular weight is 518 g/mol. The van der Waals surface area contributed by atoms with Crippen LogP contribution < -0.4 is 11.1 Å². The molecular weight excluding hydrogens is 482 g/mol. The maximum atomic E-state index is 12.3. The van der Waals surface area contributed by atoms with Gasteiger partial charge < -0.3 is 25.8 Å². The lowest BCUT2D eigenvalue weighted by Gasteiger charge is -2.40. The Balaban J connectivity index is 0.00000306. The lowest BCUT2D eigenvalue weighted by molar-refractivity contribution is -0.0645. The molecule has 1 amide bonds. The first-order valence-electron chi connectivity index (χ1n) is 11.7. The molecule has 0 aromatic heterocycles. The molecule has 6 nitrogen and oxygen atoms in total. The third-order valence-electron chi connectivity index (χ3n) is 7.01. The van der Waals surface area contributed by atoms with Crippen LogP contribution in [0.5, 0.6) is 5.75 Å². The highest BCUT2D eigenvalue weighted by molar-refractivity contribution is 8.93. The van der Waals surface area contributed by atoms with Crippen LogP contribution in [0.3, 0.4) is 0 Å². The summed E-state index contributed by atoms with van der Waals surface area (Å²) in [5.41, 5.74) is 10.8. The van der Waals surface area contributed by atoms with Gasteiger partial charge in [-0.25, -0.2) is 0 Å². The molecule has 2 aromatic carbocycles. The number of ether oxygens (including phenoxy) is 1. The van der Waals surface area contributed by atoms with Crippen molar-refractivity contribution < 1.29 is 14.6 Å². The Labute approximate surface area is 207 Å². The predicted octanol–water partition coefficient (Wildman–Crippen LogP) is 3.67. The first-order chi connectivity index (χ1) is 15.5. The van der Waals surface area contributed by atoms with Crippen LogP contribution in [0.25, 0.3) is 0 Å². The predicted molar refractivity (Wildman–Crippen MR) is 136 cm³/mol. The molecule has 0 unspecified atom stereocenters. The number of aryl methyl sites for hydroxylation is 2. The third-order valence-corrected chi connectivity index (χ3v) is 7.01. The van der Waals surface area contributed by atoms with E-state index in [1.54, 1.807) is 0 Å². The van der Waals surface area contributed by atoms with Crippen molar-refractivity contribution in [2.24, 2.45) is 11.7 Å². The van der Waals surface area contributed by atoms with E-state index in [4.69, 9.17) is 10.5 Å². The molecule has 4 rings (SSSR count). The van der Waals surface area contributed by atoms with Crippen LogP contribution in [0.15, 0.2) is 36.4 Å². The lowest BCUT2D eigenvalue weighted by atomic mass is 9.83. The molecule has 2 atom stereocenters. The van der Waals surface area contributed by atoms with Crippen molar-refractivity contribution in [3.05, 3.63) is 64.2 Å². The van der Waals surface area contributed by atoms with Gasteiger partial charge in [0.25, 0.3) is 5.91 Å². The summed E-state index contributed by atoms with van der Waals surface area (Å²) < 4.78 is 6.39. The third kappa shape index (κ3) is 5.96. The van der Waals surface area contributed by atoms with Gasteiger partial charge in [-0.1, -0.05) is 29.8 Å². The highest BCUT2D eigenvalue weighted by Gasteiger charge is 2.35. The fraction of sp³-hybridized carbons (Fsp3) is 0.500. The summed E-state index contributed by atoms with van der Waals surface area (Å²) in [4.78, 5) is 14.7. The maximum Gasteiger partial charge on any atom is 0.251 e. The van der Waals surface area contributed by atoms with Crippen molar-refractivity contribution in [1.29, 1.82) is 0 Å². The second-order valence-corrected chi connectivity index (χ2v) is 9.20. The number of benzene rings is 2. The molecule has 180 valence electrons. The number of fused-ring (bicyclic) bond motifs is 1. The SMILES string of the molecule is Br.Cc1ccc(C(=O)NCCN2CCC([C@@H]3Cc4c(ccc(C)c4O)[C@H](CN)O3)CC2)cc1. The molecule has 2 heterocycles. The number of piperidine rings is 1. The minimum atomic E-state index is -0.148. The van der Waals surface area contributed by atoms with Crippen molar-refractivity contribution in [3.8, 4) is 5.75 Å². The normalized spacial score (nSPS) is 21.2. The van der Waals surface area contributed by atoms with Gasteiger partial charge in [-0.3, -0.25) is 4.79 Å². The van der Waals surface area contributed by atoms with E-state index in [0.29, 0.717) is 30.3 Å². The Morgan fingerprint density at radius 1 is 1.15 bits per heavy atom. The molecular formula is C26H36BrN3O3. The monoisotopic (exact) mass is 517 g/mol. The number of rotatable bonds is 6. The summed E-state index contributed by atoms with van der Waals surface area (Å²) in [5.74, 6) is 0.837.